The highest BCUT2D eigenvalue weighted by Crippen LogP contribution is 2.51. The number of amides is 1. The number of carbonyl (C=O) groups is 2. The Morgan fingerprint density at radius 1 is 1.45 bits per heavy atom. The van der Waals surface area contributed by atoms with Crippen LogP contribution < -0.4 is 0 Å². The summed E-state index contributed by atoms with van der Waals surface area (Å²) in [6.45, 7) is 12.2. The summed E-state index contributed by atoms with van der Waals surface area (Å²) in [7, 11) is -2.17. The minimum atomic E-state index is -2.17. The molecule has 1 heterocycles. The van der Waals surface area contributed by atoms with Crippen LogP contribution in [0.2, 0.25) is 18.1 Å². The molecule has 0 bridgehead atoms. The molecule has 1 rings (SSSR count). The second-order valence-corrected chi connectivity index (χ2v) is 12.9. The number of aliphatic carboxylic acids is 1. The highest BCUT2D eigenvalue weighted by atomic mass is 35.5. The van der Waals surface area contributed by atoms with Crippen molar-refractivity contribution < 1.29 is 14.7 Å². The molecule has 0 spiro atoms. The number of carbonyl (C=O) groups excluding carboxylic acids is 1. The molecule has 0 aromatic rings. The van der Waals surface area contributed by atoms with E-state index in [-0.39, 0.29) is 10.9 Å². The van der Waals surface area contributed by atoms with E-state index in [9.17, 15) is 14.7 Å². The van der Waals surface area contributed by atoms with E-state index in [0.29, 0.717) is 18.7 Å². The molecule has 0 aliphatic carbocycles. The van der Waals surface area contributed by atoms with Gasteiger partial charge in [0.25, 0.3) is 0 Å². The predicted molar refractivity (Wildman–Crippen MR) is 83.5 cm³/mol. The molecule has 20 heavy (non-hydrogen) atoms. The van der Waals surface area contributed by atoms with Crippen molar-refractivity contribution in [1.82, 2.24) is 4.57 Å². The molecule has 1 aliphatic rings. The lowest BCUT2D eigenvalue weighted by Gasteiger charge is -2.61. The summed E-state index contributed by atoms with van der Waals surface area (Å²) in [6, 6.07) is -0.709. The molecule has 1 aliphatic heterocycles. The molecule has 116 valence electrons. The fourth-order valence-corrected chi connectivity index (χ4v) is 5.39. The largest absolute Gasteiger partial charge is 0.480 e. The van der Waals surface area contributed by atoms with E-state index in [4.69, 9.17) is 11.6 Å². The molecule has 1 fully saturated rings. The van der Waals surface area contributed by atoms with Crippen molar-refractivity contribution in [2.45, 2.75) is 64.7 Å². The summed E-state index contributed by atoms with van der Waals surface area (Å²) in [5, 5.41) is 9.52. The van der Waals surface area contributed by atoms with Crippen molar-refractivity contribution in [3.63, 3.8) is 0 Å². The van der Waals surface area contributed by atoms with Crippen molar-refractivity contribution in [3.05, 3.63) is 0 Å². The van der Waals surface area contributed by atoms with Gasteiger partial charge in [-0.1, -0.05) is 33.9 Å². The van der Waals surface area contributed by atoms with Crippen LogP contribution in [0, 0.1) is 5.41 Å². The number of carboxylic acid groups (broad SMARTS) is 1. The Kier molecular flexibility index (Phi) is 4.67. The zero-order valence-corrected chi connectivity index (χ0v) is 15.0. The van der Waals surface area contributed by atoms with Crippen molar-refractivity contribution in [2.75, 3.05) is 5.88 Å². The molecule has 1 amide bonds. The van der Waals surface area contributed by atoms with Gasteiger partial charge in [-0.3, -0.25) is 4.79 Å². The molecule has 1 unspecified atom stereocenters. The summed E-state index contributed by atoms with van der Waals surface area (Å²) < 4.78 is 1.68. The van der Waals surface area contributed by atoms with Gasteiger partial charge in [-0.25, -0.2) is 4.79 Å². The van der Waals surface area contributed by atoms with Gasteiger partial charge in [-0.2, -0.15) is 0 Å². The van der Waals surface area contributed by atoms with Gasteiger partial charge >= 0.3 is 5.97 Å². The molecule has 2 atom stereocenters. The Labute approximate surface area is 127 Å². The zero-order chi connectivity index (χ0) is 15.9. The fraction of sp³-hybridized carbons (Fsp3) is 0.857. The third-order valence-electron chi connectivity index (χ3n) is 5.07. The second kappa shape index (κ2) is 5.33. The first-order valence-electron chi connectivity index (χ1n) is 7.04. The number of hydrogen-bond acceptors (Lipinski definition) is 2. The third kappa shape index (κ3) is 2.50. The van der Waals surface area contributed by atoms with Crippen LogP contribution in [-0.4, -0.2) is 41.7 Å². The number of halogens is 1. The Hall–Kier alpha value is -0.553. The molecule has 1 saturated heterocycles. The van der Waals surface area contributed by atoms with Crippen LogP contribution >= 0.6 is 11.6 Å². The maximum Gasteiger partial charge on any atom is 0.326 e. The quantitative estimate of drug-likeness (QED) is 0.480. The maximum absolute atomic E-state index is 12.7. The van der Waals surface area contributed by atoms with Crippen molar-refractivity contribution >= 4 is 31.7 Å². The molecular formula is C14H26ClNO3Si. The molecule has 6 heteroatoms. The van der Waals surface area contributed by atoms with Crippen LogP contribution in [0.15, 0.2) is 0 Å². The summed E-state index contributed by atoms with van der Waals surface area (Å²) in [6.07, 6.45) is 1.20. The van der Waals surface area contributed by atoms with Gasteiger partial charge in [0, 0.05) is 5.88 Å². The maximum atomic E-state index is 12.7. The van der Waals surface area contributed by atoms with Gasteiger partial charge in [0.1, 0.15) is 6.04 Å². The summed E-state index contributed by atoms with van der Waals surface area (Å²) in [5.74, 6) is -0.455. The third-order valence-corrected chi connectivity index (χ3v) is 10.7. The van der Waals surface area contributed by atoms with Gasteiger partial charge < -0.3 is 9.67 Å². The van der Waals surface area contributed by atoms with Gasteiger partial charge in [0.05, 0.1) is 5.41 Å². The number of rotatable bonds is 5. The van der Waals surface area contributed by atoms with Crippen LogP contribution in [0.25, 0.3) is 0 Å². The van der Waals surface area contributed by atoms with E-state index in [1.54, 1.807) is 11.5 Å². The Balaban J connectivity index is 3.13. The predicted octanol–water partition coefficient (Wildman–Crippen LogP) is 3.31. The summed E-state index contributed by atoms with van der Waals surface area (Å²) in [4.78, 5) is 24.3. The van der Waals surface area contributed by atoms with E-state index in [0.717, 1.165) is 0 Å². The lowest BCUT2D eigenvalue weighted by atomic mass is 9.71. The Morgan fingerprint density at radius 3 is 2.30 bits per heavy atom. The first-order chi connectivity index (χ1) is 8.91. The normalized spacial score (nSPS) is 27.4. The summed E-state index contributed by atoms with van der Waals surface area (Å²) in [5.41, 5.74) is -0.795. The smallest absolute Gasteiger partial charge is 0.326 e. The standard InChI is InChI=1S/C14H26ClNO3Si/c1-13(2,3)20(5,6)16-10(11(17)18)14(4,12(16)19)8-7-9-15/h10H,7-9H2,1-6H3,(H,17,18)/t10?,14-/m1/s1. The molecule has 0 aromatic carbocycles. The van der Waals surface area contributed by atoms with Crippen LogP contribution in [0.4, 0.5) is 0 Å². The Bertz CT molecular complexity index is 419. The second-order valence-electron chi connectivity index (χ2n) is 7.43. The molecule has 0 radical (unpaired) electrons. The van der Waals surface area contributed by atoms with Crippen LogP contribution in [-0.2, 0) is 9.59 Å². The van der Waals surface area contributed by atoms with Crippen LogP contribution in [0.3, 0.4) is 0 Å². The average molecular weight is 320 g/mol. The van der Waals surface area contributed by atoms with Crippen molar-refractivity contribution in [1.29, 1.82) is 0 Å². The van der Waals surface area contributed by atoms with E-state index in [1.165, 1.54) is 0 Å². The number of carboxylic acids is 1. The number of nitrogens with zero attached hydrogens (tertiary/aromatic N) is 1. The fourth-order valence-electron chi connectivity index (χ4n) is 2.73. The Morgan fingerprint density at radius 2 is 1.95 bits per heavy atom. The minimum Gasteiger partial charge on any atom is -0.480 e. The van der Waals surface area contributed by atoms with Crippen molar-refractivity contribution in [3.8, 4) is 0 Å². The monoisotopic (exact) mass is 319 g/mol. The summed E-state index contributed by atoms with van der Waals surface area (Å²) >= 11 is 5.70. The number of β-lactam (4-membered cyclic amide) rings is 1. The highest BCUT2D eigenvalue weighted by Gasteiger charge is 2.66. The van der Waals surface area contributed by atoms with E-state index in [1.807, 2.05) is 0 Å². The molecular weight excluding hydrogens is 294 g/mol. The molecule has 0 saturated carbocycles. The lowest BCUT2D eigenvalue weighted by Crippen LogP contribution is -2.79. The first kappa shape index (κ1) is 17.5. The molecule has 1 N–H and O–H groups in total. The zero-order valence-electron chi connectivity index (χ0n) is 13.3. The van der Waals surface area contributed by atoms with Crippen LogP contribution in [0.1, 0.15) is 40.5 Å². The van der Waals surface area contributed by atoms with E-state index < -0.39 is 25.7 Å². The minimum absolute atomic E-state index is 0.0124. The van der Waals surface area contributed by atoms with E-state index in [2.05, 4.69) is 33.9 Å². The average Bonchev–Trinajstić information content (AvgIpc) is 2.29. The van der Waals surface area contributed by atoms with Crippen molar-refractivity contribution in [2.24, 2.45) is 5.41 Å². The van der Waals surface area contributed by atoms with Gasteiger partial charge in [-0.15, -0.1) is 11.6 Å². The molecule has 0 aromatic heterocycles. The highest BCUT2D eigenvalue weighted by molar-refractivity contribution is 6.80. The topological polar surface area (TPSA) is 57.6 Å². The first-order valence-corrected chi connectivity index (χ1v) is 10.5. The molecule has 4 nitrogen and oxygen atoms in total. The van der Waals surface area contributed by atoms with Crippen LogP contribution in [0.5, 0.6) is 0 Å². The van der Waals surface area contributed by atoms with Gasteiger partial charge in [-0.05, 0) is 24.8 Å². The van der Waals surface area contributed by atoms with E-state index >= 15 is 0 Å². The number of alkyl halides is 1. The van der Waals surface area contributed by atoms with Gasteiger partial charge in [0.15, 0.2) is 8.24 Å². The number of hydrogen-bond donors (Lipinski definition) is 1. The van der Waals surface area contributed by atoms with Gasteiger partial charge in [0.2, 0.25) is 5.91 Å². The SMILES string of the molecule is CC(C)(C)[Si](C)(C)N1C(=O)[C@](C)(CCCCl)C1C(=O)O. The lowest BCUT2D eigenvalue weighted by molar-refractivity contribution is -0.175.